The van der Waals surface area contributed by atoms with E-state index in [2.05, 4.69) is 19.9 Å². The molecule has 3 unspecified atom stereocenters. The predicted octanol–water partition coefficient (Wildman–Crippen LogP) is 2.56. The lowest BCUT2D eigenvalue weighted by Gasteiger charge is -2.47. The minimum Gasteiger partial charge on any atom is -0.381 e. The Morgan fingerprint density at radius 1 is 1.31 bits per heavy atom. The van der Waals surface area contributed by atoms with Crippen molar-refractivity contribution in [1.82, 2.24) is 4.90 Å². The van der Waals surface area contributed by atoms with Crippen molar-refractivity contribution in [3.63, 3.8) is 0 Å². The van der Waals surface area contributed by atoms with Gasteiger partial charge in [0.2, 0.25) is 0 Å². The average Bonchev–Trinajstić information content (AvgIpc) is 3.03. The van der Waals surface area contributed by atoms with Gasteiger partial charge in [0.1, 0.15) is 0 Å². The fourth-order valence-corrected chi connectivity index (χ4v) is 6.55. The van der Waals surface area contributed by atoms with Crippen LogP contribution in [-0.2, 0) is 21.5 Å². The second-order valence-electron chi connectivity index (χ2n) is 9.79. The molecule has 5 rings (SSSR count). The van der Waals surface area contributed by atoms with Crippen molar-refractivity contribution in [3.8, 4) is 6.07 Å². The maximum Gasteiger partial charge on any atom is 0.262 e. The molecule has 1 amide bonds. The molecule has 2 aliphatic carbocycles. The number of carbonyl (C=O) groups is 1. The summed E-state index contributed by atoms with van der Waals surface area (Å²) < 4.78 is 5.30. The number of hydrogen-bond donors (Lipinski definition) is 1. The van der Waals surface area contributed by atoms with Gasteiger partial charge >= 0.3 is 0 Å². The molecule has 1 aromatic rings. The Balaban J connectivity index is 1.66. The van der Waals surface area contributed by atoms with Crippen LogP contribution < -0.4 is 5.73 Å². The van der Waals surface area contributed by atoms with Crippen molar-refractivity contribution < 1.29 is 9.53 Å². The van der Waals surface area contributed by atoms with Crippen LogP contribution in [0.3, 0.4) is 0 Å². The number of amides is 1. The van der Waals surface area contributed by atoms with E-state index < -0.39 is 5.54 Å². The molecule has 0 radical (unpaired) electrons. The highest BCUT2D eigenvalue weighted by atomic mass is 16.5. The molecule has 2 fully saturated rings. The van der Waals surface area contributed by atoms with Crippen LogP contribution in [0.1, 0.15) is 49.8 Å². The molecule has 6 heteroatoms. The highest BCUT2D eigenvalue weighted by Gasteiger charge is 2.67. The largest absolute Gasteiger partial charge is 0.381 e. The Morgan fingerprint density at radius 3 is 2.66 bits per heavy atom. The molecule has 4 aliphatic rings. The second kappa shape index (κ2) is 6.30. The van der Waals surface area contributed by atoms with Gasteiger partial charge in [-0.2, -0.15) is 5.26 Å². The van der Waals surface area contributed by atoms with Crippen LogP contribution in [0, 0.1) is 34.5 Å². The molecule has 2 N–H and O–H groups in total. The van der Waals surface area contributed by atoms with Gasteiger partial charge in [0, 0.05) is 17.9 Å². The fraction of sp³-hybridized carbons (Fsp3) is 0.609. The lowest BCUT2D eigenvalue weighted by atomic mass is 9.57. The minimum absolute atomic E-state index is 0.00274. The average molecular weight is 393 g/mol. The Hall–Kier alpha value is -2.39. The molecular formula is C23H28N4O2. The summed E-state index contributed by atoms with van der Waals surface area (Å²) in [6.07, 6.45) is 3.91. The van der Waals surface area contributed by atoms with Crippen LogP contribution in [0.5, 0.6) is 0 Å². The number of fused-ring (bicyclic) bond motifs is 3. The molecule has 2 heterocycles. The highest BCUT2D eigenvalue weighted by Crippen LogP contribution is 2.63. The van der Waals surface area contributed by atoms with E-state index in [-0.39, 0.29) is 11.3 Å². The number of aliphatic imine (C=N–C) groups is 1. The summed E-state index contributed by atoms with van der Waals surface area (Å²) in [6.45, 7) is 6.46. The van der Waals surface area contributed by atoms with E-state index in [0.717, 1.165) is 30.4 Å². The molecule has 1 saturated carbocycles. The smallest absolute Gasteiger partial charge is 0.262 e. The summed E-state index contributed by atoms with van der Waals surface area (Å²) in [7, 11) is 0. The van der Waals surface area contributed by atoms with Gasteiger partial charge < -0.3 is 10.5 Å². The maximum atomic E-state index is 14.1. The third-order valence-corrected chi connectivity index (χ3v) is 7.47. The molecule has 0 aromatic heterocycles. The van der Waals surface area contributed by atoms with Crippen molar-refractivity contribution in [2.75, 3.05) is 19.8 Å². The summed E-state index contributed by atoms with van der Waals surface area (Å²) in [4.78, 5) is 20.7. The van der Waals surface area contributed by atoms with E-state index >= 15 is 0 Å². The number of ether oxygens (including phenoxy) is 1. The van der Waals surface area contributed by atoms with Crippen LogP contribution in [-0.4, -0.2) is 36.5 Å². The van der Waals surface area contributed by atoms with E-state index in [1.54, 1.807) is 4.90 Å². The zero-order valence-corrected chi connectivity index (χ0v) is 17.1. The highest BCUT2D eigenvalue weighted by molar-refractivity contribution is 6.08. The zero-order chi connectivity index (χ0) is 20.4. The molecule has 1 aromatic carbocycles. The quantitative estimate of drug-likeness (QED) is 0.837. The molecule has 2 spiro atoms. The minimum atomic E-state index is -0.993. The van der Waals surface area contributed by atoms with Crippen molar-refractivity contribution in [2.45, 2.75) is 45.1 Å². The molecule has 3 atom stereocenters. The second-order valence-corrected chi connectivity index (χ2v) is 9.79. The molecule has 29 heavy (non-hydrogen) atoms. The summed E-state index contributed by atoms with van der Waals surface area (Å²) in [6, 6.07) is 8.01. The SMILES string of the molecule is CC1CC(C)CC2(Cc3ccc(C#N)cc3C23N=C(N)N(CC2COC2)C3=O)C1. The number of nitrogens with two attached hydrogens (primary N) is 1. The Kier molecular flexibility index (Phi) is 4.05. The monoisotopic (exact) mass is 392 g/mol. The van der Waals surface area contributed by atoms with Gasteiger partial charge in [-0.25, -0.2) is 4.99 Å². The summed E-state index contributed by atoms with van der Waals surface area (Å²) in [5, 5.41) is 9.49. The predicted molar refractivity (Wildman–Crippen MR) is 109 cm³/mol. The lowest BCUT2D eigenvalue weighted by Crippen LogP contribution is -2.54. The molecule has 2 aliphatic heterocycles. The topological polar surface area (TPSA) is 91.7 Å². The van der Waals surface area contributed by atoms with Crippen molar-refractivity contribution in [2.24, 2.45) is 33.9 Å². The maximum absolute atomic E-state index is 14.1. The van der Waals surface area contributed by atoms with Crippen molar-refractivity contribution in [3.05, 3.63) is 34.9 Å². The Morgan fingerprint density at radius 2 is 2.03 bits per heavy atom. The normalized spacial score (nSPS) is 36.2. The summed E-state index contributed by atoms with van der Waals surface area (Å²) in [5.41, 5.74) is 7.74. The number of hydrogen-bond acceptors (Lipinski definition) is 5. The molecular weight excluding hydrogens is 364 g/mol. The van der Waals surface area contributed by atoms with Crippen LogP contribution in [0.2, 0.25) is 0 Å². The molecule has 0 bridgehead atoms. The van der Waals surface area contributed by atoms with Gasteiger partial charge in [0.25, 0.3) is 5.91 Å². The van der Waals surface area contributed by atoms with Gasteiger partial charge in [-0.05, 0) is 60.8 Å². The first-order valence-corrected chi connectivity index (χ1v) is 10.7. The van der Waals surface area contributed by atoms with E-state index in [1.807, 2.05) is 18.2 Å². The molecule has 1 saturated heterocycles. The van der Waals surface area contributed by atoms with Gasteiger partial charge in [0.05, 0.1) is 24.8 Å². The Bertz CT molecular complexity index is 935. The third-order valence-electron chi connectivity index (χ3n) is 7.47. The number of guanidine groups is 1. The summed E-state index contributed by atoms with van der Waals surface area (Å²) in [5.74, 6) is 1.69. The van der Waals surface area contributed by atoms with E-state index in [0.29, 0.717) is 49.0 Å². The van der Waals surface area contributed by atoms with E-state index in [9.17, 15) is 10.1 Å². The van der Waals surface area contributed by atoms with Crippen LogP contribution in [0.15, 0.2) is 23.2 Å². The number of nitriles is 1. The standard InChI is InChI=1S/C23H28N4O2/c1-14-5-15(2)8-22(7-14)9-18-4-3-16(10-24)6-19(18)23(22)20(28)27(21(25)26-23)11-17-12-29-13-17/h3-4,6,14-15,17H,5,7-9,11-13H2,1-2H3,(H2,25,26). The lowest BCUT2D eigenvalue weighted by molar-refractivity contribution is -0.140. The van der Waals surface area contributed by atoms with Gasteiger partial charge in [-0.1, -0.05) is 19.9 Å². The first-order chi connectivity index (χ1) is 13.9. The van der Waals surface area contributed by atoms with E-state index in [4.69, 9.17) is 15.5 Å². The van der Waals surface area contributed by atoms with Gasteiger partial charge in [0.15, 0.2) is 11.5 Å². The first-order valence-electron chi connectivity index (χ1n) is 10.7. The molecule has 6 nitrogen and oxygen atoms in total. The Labute approximate surface area is 171 Å². The van der Waals surface area contributed by atoms with E-state index in [1.165, 1.54) is 6.42 Å². The zero-order valence-electron chi connectivity index (χ0n) is 17.1. The van der Waals surface area contributed by atoms with Crippen LogP contribution >= 0.6 is 0 Å². The number of nitrogens with zero attached hydrogens (tertiary/aromatic N) is 3. The van der Waals surface area contributed by atoms with Crippen molar-refractivity contribution >= 4 is 11.9 Å². The van der Waals surface area contributed by atoms with Gasteiger partial charge in [-0.3, -0.25) is 9.69 Å². The number of rotatable bonds is 2. The van der Waals surface area contributed by atoms with Gasteiger partial charge in [-0.15, -0.1) is 0 Å². The number of carbonyl (C=O) groups excluding carboxylic acids is 1. The third kappa shape index (κ3) is 2.50. The first kappa shape index (κ1) is 18.6. The summed E-state index contributed by atoms with van der Waals surface area (Å²) >= 11 is 0. The van der Waals surface area contributed by atoms with Crippen molar-refractivity contribution in [1.29, 1.82) is 5.26 Å². The van der Waals surface area contributed by atoms with Crippen LogP contribution in [0.25, 0.3) is 0 Å². The fourth-order valence-electron chi connectivity index (χ4n) is 6.55. The number of benzene rings is 1. The van der Waals surface area contributed by atoms with Crippen LogP contribution in [0.4, 0.5) is 0 Å². The molecule has 152 valence electrons.